The maximum Gasteiger partial charge on any atom is 0.250 e. The minimum absolute atomic E-state index is 0. The number of halogens is 2. The van der Waals surface area contributed by atoms with Crippen molar-refractivity contribution in [1.29, 1.82) is 0 Å². The van der Waals surface area contributed by atoms with Gasteiger partial charge >= 0.3 is 0 Å². The van der Waals surface area contributed by atoms with Gasteiger partial charge in [0.25, 0.3) is 5.91 Å². The molecule has 1 rings (SSSR count). The first-order valence-electron chi connectivity index (χ1n) is 4.92. The smallest absolute Gasteiger partial charge is 0.250 e. The second-order valence-corrected chi connectivity index (χ2v) is 3.74. The van der Waals surface area contributed by atoms with E-state index in [1.165, 1.54) is 7.11 Å². The fraction of sp³-hybridized carbons (Fsp3) is 0.364. The summed E-state index contributed by atoms with van der Waals surface area (Å²) in [6.07, 6.45) is -0.598. The Balaban J connectivity index is 0.00000256. The molecule has 1 unspecified atom stereocenters. The highest BCUT2D eigenvalue weighted by molar-refractivity contribution is 6.30. The maximum absolute atomic E-state index is 11.5. The van der Waals surface area contributed by atoms with Crippen LogP contribution in [0.4, 0.5) is 0 Å². The number of ether oxygens (including phenoxy) is 1. The molecule has 6 heteroatoms. The third-order valence-corrected chi connectivity index (χ3v) is 2.38. The van der Waals surface area contributed by atoms with Gasteiger partial charge in [-0.2, -0.15) is 0 Å². The lowest BCUT2D eigenvalue weighted by Gasteiger charge is -2.13. The van der Waals surface area contributed by atoms with E-state index in [-0.39, 0.29) is 24.9 Å². The first kappa shape index (κ1) is 16.2. The quantitative estimate of drug-likeness (QED) is 0.855. The lowest BCUT2D eigenvalue weighted by atomic mass is 10.2. The minimum atomic E-state index is -0.598. The van der Waals surface area contributed by atoms with Crippen molar-refractivity contribution in [3.63, 3.8) is 0 Å². The first-order chi connectivity index (χ1) is 7.67. The Kier molecular flexibility index (Phi) is 7.91. The zero-order chi connectivity index (χ0) is 12.0. The van der Waals surface area contributed by atoms with Crippen LogP contribution >= 0.6 is 24.0 Å². The van der Waals surface area contributed by atoms with E-state index in [0.717, 1.165) is 5.56 Å². The number of carbonyl (C=O) groups is 1. The van der Waals surface area contributed by atoms with E-state index in [1.54, 1.807) is 12.1 Å². The van der Waals surface area contributed by atoms with Gasteiger partial charge in [0.05, 0.1) is 0 Å². The SMILES string of the molecule is COC(CN)C(=O)NCc1cccc(Cl)c1.Cl. The Morgan fingerprint density at radius 1 is 1.59 bits per heavy atom. The Morgan fingerprint density at radius 2 is 2.29 bits per heavy atom. The summed E-state index contributed by atoms with van der Waals surface area (Å²) in [6, 6.07) is 7.30. The molecule has 0 aromatic heterocycles. The second kappa shape index (κ2) is 8.31. The monoisotopic (exact) mass is 278 g/mol. The third kappa shape index (κ3) is 5.37. The molecule has 0 aliphatic heterocycles. The number of nitrogens with one attached hydrogen (secondary N) is 1. The Morgan fingerprint density at radius 3 is 2.82 bits per heavy atom. The predicted molar refractivity (Wildman–Crippen MR) is 70.4 cm³/mol. The number of amides is 1. The molecule has 3 N–H and O–H groups in total. The molecule has 1 amide bonds. The van der Waals surface area contributed by atoms with Gasteiger partial charge in [0.1, 0.15) is 6.10 Å². The van der Waals surface area contributed by atoms with Gasteiger partial charge in [0.2, 0.25) is 0 Å². The molecule has 0 bridgehead atoms. The molecule has 0 spiro atoms. The Labute approximate surface area is 112 Å². The number of hydrogen-bond acceptors (Lipinski definition) is 3. The highest BCUT2D eigenvalue weighted by Crippen LogP contribution is 2.10. The van der Waals surface area contributed by atoms with Crippen LogP contribution in [0.1, 0.15) is 5.56 Å². The van der Waals surface area contributed by atoms with Crippen LogP contribution in [0.25, 0.3) is 0 Å². The van der Waals surface area contributed by atoms with Gasteiger partial charge in [-0.15, -0.1) is 12.4 Å². The molecule has 17 heavy (non-hydrogen) atoms. The lowest BCUT2D eigenvalue weighted by molar-refractivity contribution is -0.130. The van der Waals surface area contributed by atoms with Crippen molar-refractivity contribution in [2.24, 2.45) is 5.73 Å². The summed E-state index contributed by atoms with van der Waals surface area (Å²) in [5.41, 5.74) is 6.31. The summed E-state index contributed by atoms with van der Waals surface area (Å²) in [6.45, 7) is 0.580. The van der Waals surface area contributed by atoms with Gasteiger partial charge in [-0.05, 0) is 17.7 Å². The van der Waals surface area contributed by atoms with E-state index >= 15 is 0 Å². The van der Waals surface area contributed by atoms with Crippen LogP contribution in [0.15, 0.2) is 24.3 Å². The molecule has 0 radical (unpaired) electrons. The summed E-state index contributed by atoms with van der Waals surface area (Å²) in [7, 11) is 1.45. The number of benzene rings is 1. The van der Waals surface area contributed by atoms with Gasteiger partial charge in [0.15, 0.2) is 0 Å². The van der Waals surface area contributed by atoms with E-state index in [2.05, 4.69) is 5.32 Å². The van der Waals surface area contributed by atoms with Crippen molar-refractivity contribution in [3.05, 3.63) is 34.9 Å². The van der Waals surface area contributed by atoms with Gasteiger partial charge in [-0.3, -0.25) is 4.79 Å². The van der Waals surface area contributed by atoms with E-state index in [9.17, 15) is 4.79 Å². The zero-order valence-corrected chi connectivity index (χ0v) is 11.1. The van der Waals surface area contributed by atoms with Crippen molar-refractivity contribution >= 4 is 29.9 Å². The van der Waals surface area contributed by atoms with E-state index in [4.69, 9.17) is 22.1 Å². The molecule has 0 aliphatic rings. The summed E-state index contributed by atoms with van der Waals surface area (Å²) >= 11 is 5.82. The first-order valence-corrected chi connectivity index (χ1v) is 5.30. The highest BCUT2D eigenvalue weighted by atomic mass is 35.5. The van der Waals surface area contributed by atoms with Crippen molar-refractivity contribution in [2.75, 3.05) is 13.7 Å². The standard InChI is InChI=1S/C11H15ClN2O2.ClH/c1-16-10(6-13)11(15)14-7-8-3-2-4-9(12)5-8;/h2-5,10H,6-7,13H2,1H3,(H,14,15);1H. The molecule has 1 atom stereocenters. The van der Waals surface area contributed by atoms with E-state index in [0.29, 0.717) is 11.6 Å². The van der Waals surface area contributed by atoms with Crippen molar-refractivity contribution in [3.8, 4) is 0 Å². The van der Waals surface area contributed by atoms with Crippen molar-refractivity contribution < 1.29 is 9.53 Å². The molecule has 0 fully saturated rings. The van der Waals surface area contributed by atoms with E-state index < -0.39 is 6.10 Å². The van der Waals surface area contributed by atoms with Gasteiger partial charge in [-0.25, -0.2) is 0 Å². The Hall–Kier alpha value is -0.810. The largest absolute Gasteiger partial charge is 0.370 e. The number of carbonyl (C=O) groups excluding carboxylic acids is 1. The molecular formula is C11H16Cl2N2O2. The van der Waals surface area contributed by atoms with Gasteiger partial charge in [0, 0.05) is 25.2 Å². The molecule has 1 aromatic rings. The summed E-state index contributed by atoms with van der Waals surface area (Å²) < 4.78 is 4.91. The fourth-order valence-electron chi connectivity index (χ4n) is 1.26. The molecule has 4 nitrogen and oxygen atoms in total. The van der Waals surface area contributed by atoms with Gasteiger partial charge < -0.3 is 15.8 Å². The summed E-state index contributed by atoms with van der Waals surface area (Å²) in [5.74, 6) is -0.218. The predicted octanol–water partition coefficient (Wildman–Crippen LogP) is 1.35. The topological polar surface area (TPSA) is 64.3 Å². The van der Waals surface area contributed by atoms with Crippen LogP contribution < -0.4 is 11.1 Å². The molecule has 0 saturated carbocycles. The average Bonchev–Trinajstić information content (AvgIpc) is 2.28. The van der Waals surface area contributed by atoms with Crippen LogP contribution in [-0.2, 0) is 16.1 Å². The second-order valence-electron chi connectivity index (χ2n) is 3.31. The van der Waals surface area contributed by atoms with Crippen LogP contribution in [0, 0.1) is 0 Å². The van der Waals surface area contributed by atoms with Crippen molar-refractivity contribution in [2.45, 2.75) is 12.6 Å². The van der Waals surface area contributed by atoms with Crippen LogP contribution in [0.5, 0.6) is 0 Å². The van der Waals surface area contributed by atoms with Gasteiger partial charge in [-0.1, -0.05) is 23.7 Å². The normalized spacial score (nSPS) is 11.5. The molecule has 0 heterocycles. The highest BCUT2D eigenvalue weighted by Gasteiger charge is 2.14. The molecule has 0 aliphatic carbocycles. The van der Waals surface area contributed by atoms with E-state index in [1.807, 2.05) is 12.1 Å². The molecule has 0 saturated heterocycles. The number of rotatable bonds is 5. The fourth-order valence-corrected chi connectivity index (χ4v) is 1.47. The van der Waals surface area contributed by atoms with Crippen LogP contribution in [0.3, 0.4) is 0 Å². The number of methoxy groups -OCH3 is 1. The number of hydrogen-bond donors (Lipinski definition) is 2. The van der Waals surface area contributed by atoms with Crippen LogP contribution in [0.2, 0.25) is 5.02 Å². The summed E-state index contributed by atoms with van der Waals surface area (Å²) in [5, 5.41) is 3.37. The minimum Gasteiger partial charge on any atom is -0.370 e. The molecule has 96 valence electrons. The number of nitrogens with two attached hydrogens (primary N) is 1. The van der Waals surface area contributed by atoms with Crippen molar-refractivity contribution in [1.82, 2.24) is 5.32 Å². The molecule has 1 aromatic carbocycles. The Bertz CT molecular complexity index is 357. The van der Waals surface area contributed by atoms with Crippen LogP contribution in [-0.4, -0.2) is 25.7 Å². The molecular weight excluding hydrogens is 263 g/mol. The third-order valence-electron chi connectivity index (χ3n) is 2.15. The maximum atomic E-state index is 11.5. The lowest BCUT2D eigenvalue weighted by Crippen LogP contribution is -2.40. The average molecular weight is 279 g/mol. The zero-order valence-electron chi connectivity index (χ0n) is 9.48. The summed E-state index contributed by atoms with van der Waals surface area (Å²) in [4.78, 5) is 11.5.